The fourth-order valence-corrected chi connectivity index (χ4v) is 1.61. The number of carbonyl (C=O) groups excluding carboxylic acids is 1. The van der Waals surface area contributed by atoms with E-state index in [4.69, 9.17) is 5.11 Å². The van der Waals surface area contributed by atoms with Crippen molar-refractivity contribution in [1.82, 2.24) is 0 Å². The van der Waals surface area contributed by atoms with E-state index in [0.717, 1.165) is 30.5 Å². The van der Waals surface area contributed by atoms with Gasteiger partial charge in [-0.25, -0.2) is 0 Å². The minimum atomic E-state index is -0.149. The third-order valence-corrected chi connectivity index (χ3v) is 3.52. The molecule has 1 aromatic rings. The van der Waals surface area contributed by atoms with Crippen LogP contribution < -0.4 is 5.32 Å². The van der Waals surface area contributed by atoms with E-state index in [2.05, 4.69) is 21.2 Å². The van der Waals surface area contributed by atoms with Gasteiger partial charge in [-0.05, 0) is 37.0 Å². The summed E-state index contributed by atoms with van der Waals surface area (Å²) in [5.74, 6) is -0.0215. The monoisotopic (exact) mass is 299 g/mol. The molecule has 0 radical (unpaired) electrons. The SMILES string of the molecule is CCC(Br)C(=O)Nc1cccc(CCCO)c1. The van der Waals surface area contributed by atoms with Crippen LogP contribution in [0.3, 0.4) is 0 Å². The van der Waals surface area contributed by atoms with Crippen molar-refractivity contribution in [3.8, 4) is 0 Å². The van der Waals surface area contributed by atoms with Crippen molar-refractivity contribution in [3.05, 3.63) is 29.8 Å². The molecule has 4 heteroatoms. The predicted octanol–water partition coefficient (Wildman–Crippen LogP) is 2.72. The molecule has 1 amide bonds. The maximum absolute atomic E-state index is 11.7. The number of hydrogen-bond acceptors (Lipinski definition) is 2. The van der Waals surface area contributed by atoms with E-state index in [9.17, 15) is 4.79 Å². The van der Waals surface area contributed by atoms with Gasteiger partial charge < -0.3 is 10.4 Å². The zero-order valence-electron chi connectivity index (χ0n) is 9.95. The third-order valence-electron chi connectivity index (χ3n) is 2.46. The summed E-state index contributed by atoms with van der Waals surface area (Å²) >= 11 is 3.32. The Kier molecular flexibility index (Phi) is 6.22. The molecule has 94 valence electrons. The second kappa shape index (κ2) is 7.45. The first-order chi connectivity index (χ1) is 8.17. The number of benzene rings is 1. The third kappa shape index (κ3) is 4.88. The molecule has 2 N–H and O–H groups in total. The standard InChI is InChI=1S/C13H18BrNO2/c1-2-12(14)13(17)15-11-7-3-5-10(9-11)6-4-8-16/h3,5,7,9,12,16H,2,4,6,8H2,1H3,(H,15,17). The zero-order valence-corrected chi connectivity index (χ0v) is 11.5. The first-order valence-electron chi connectivity index (χ1n) is 5.82. The van der Waals surface area contributed by atoms with Gasteiger partial charge in [0.05, 0.1) is 4.83 Å². The first-order valence-corrected chi connectivity index (χ1v) is 6.73. The lowest BCUT2D eigenvalue weighted by molar-refractivity contribution is -0.115. The van der Waals surface area contributed by atoms with Gasteiger partial charge in [-0.2, -0.15) is 0 Å². The Morgan fingerprint density at radius 3 is 2.94 bits per heavy atom. The maximum atomic E-state index is 11.7. The number of amides is 1. The van der Waals surface area contributed by atoms with Gasteiger partial charge in [0.25, 0.3) is 0 Å². The van der Waals surface area contributed by atoms with E-state index in [1.54, 1.807) is 0 Å². The number of aryl methyl sites for hydroxylation is 1. The number of anilines is 1. The molecule has 0 fully saturated rings. The van der Waals surface area contributed by atoms with Gasteiger partial charge in [-0.1, -0.05) is 35.0 Å². The molecule has 3 nitrogen and oxygen atoms in total. The molecule has 0 spiro atoms. The summed E-state index contributed by atoms with van der Waals surface area (Å²) in [6, 6.07) is 7.73. The molecule has 1 unspecified atom stereocenters. The van der Waals surface area contributed by atoms with Crippen LogP contribution in [0.15, 0.2) is 24.3 Å². The van der Waals surface area contributed by atoms with Crippen LogP contribution in [0.5, 0.6) is 0 Å². The predicted molar refractivity (Wildman–Crippen MR) is 73.5 cm³/mol. The van der Waals surface area contributed by atoms with Crippen molar-refractivity contribution >= 4 is 27.5 Å². The molecule has 0 aliphatic rings. The van der Waals surface area contributed by atoms with Gasteiger partial charge in [-0.15, -0.1) is 0 Å². The van der Waals surface area contributed by atoms with Crippen LogP contribution in [0.4, 0.5) is 5.69 Å². The summed E-state index contributed by atoms with van der Waals surface area (Å²) in [5.41, 5.74) is 1.93. The molecule has 17 heavy (non-hydrogen) atoms. The molecule has 0 aliphatic carbocycles. The largest absolute Gasteiger partial charge is 0.396 e. The minimum absolute atomic E-state index is 0.0215. The summed E-state index contributed by atoms with van der Waals surface area (Å²) in [7, 11) is 0. The zero-order chi connectivity index (χ0) is 12.7. The summed E-state index contributed by atoms with van der Waals surface area (Å²) in [6.07, 6.45) is 2.33. The number of carbonyl (C=O) groups is 1. The average Bonchev–Trinajstić information content (AvgIpc) is 2.35. The Labute approximate surface area is 110 Å². The number of rotatable bonds is 6. The molecule has 0 saturated carbocycles. The van der Waals surface area contributed by atoms with Gasteiger partial charge in [0, 0.05) is 12.3 Å². The summed E-state index contributed by atoms with van der Waals surface area (Å²) in [4.78, 5) is 11.5. The highest BCUT2D eigenvalue weighted by atomic mass is 79.9. The Balaban J connectivity index is 2.62. The summed E-state index contributed by atoms with van der Waals surface area (Å²) in [5, 5.41) is 11.6. The van der Waals surface area contributed by atoms with Crippen LogP contribution in [0.25, 0.3) is 0 Å². The van der Waals surface area contributed by atoms with Gasteiger partial charge in [0.2, 0.25) is 5.91 Å². The van der Waals surface area contributed by atoms with Crippen molar-refractivity contribution in [2.45, 2.75) is 31.0 Å². The van der Waals surface area contributed by atoms with E-state index < -0.39 is 0 Å². The molecule has 0 heterocycles. The molecule has 0 saturated heterocycles. The lowest BCUT2D eigenvalue weighted by Crippen LogP contribution is -2.21. The molecular formula is C13H18BrNO2. The lowest BCUT2D eigenvalue weighted by Gasteiger charge is -2.10. The highest BCUT2D eigenvalue weighted by Gasteiger charge is 2.12. The fourth-order valence-electron chi connectivity index (χ4n) is 1.49. The Morgan fingerprint density at radius 1 is 1.53 bits per heavy atom. The van der Waals surface area contributed by atoms with Crippen molar-refractivity contribution in [3.63, 3.8) is 0 Å². The molecule has 1 rings (SSSR count). The fraction of sp³-hybridized carbons (Fsp3) is 0.462. The van der Waals surface area contributed by atoms with E-state index in [1.807, 2.05) is 31.2 Å². The summed E-state index contributed by atoms with van der Waals surface area (Å²) in [6.45, 7) is 2.15. The molecular weight excluding hydrogens is 282 g/mol. The average molecular weight is 300 g/mol. The lowest BCUT2D eigenvalue weighted by atomic mass is 10.1. The smallest absolute Gasteiger partial charge is 0.238 e. The van der Waals surface area contributed by atoms with Crippen LogP contribution in [0.2, 0.25) is 0 Å². The highest BCUT2D eigenvalue weighted by molar-refractivity contribution is 9.10. The van der Waals surface area contributed by atoms with Gasteiger partial charge in [0.15, 0.2) is 0 Å². The molecule has 1 aromatic carbocycles. The number of halogens is 1. The molecule has 0 bridgehead atoms. The Morgan fingerprint density at radius 2 is 2.29 bits per heavy atom. The topological polar surface area (TPSA) is 49.3 Å². The molecule has 0 aromatic heterocycles. The van der Waals surface area contributed by atoms with Crippen LogP contribution in [-0.4, -0.2) is 22.4 Å². The second-order valence-corrected chi connectivity index (χ2v) is 5.00. The summed E-state index contributed by atoms with van der Waals surface area (Å²) < 4.78 is 0. The van der Waals surface area contributed by atoms with Gasteiger partial charge in [-0.3, -0.25) is 4.79 Å². The van der Waals surface area contributed by atoms with Gasteiger partial charge in [0.1, 0.15) is 0 Å². The maximum Gasteiger partial charge on any atom is 0.238 e. The van der Waals surface area contributed by atoms with Crippen molar-refractivity contribution in [2.75, 3.05) is 11.9 Å². The first kappa shape index (κ1) is 14.2. The van der Waals surface area contributed by atoms with Crippen molar-refractivity contribution in [2.24, 2.45) is 0 Å². The number of nitrogens with one attached hydrogen (secondary N) is 1. The number of alkyl halides is 1. The van der Waals surface area contributed by atoms with Crippen molar-refractivity contribution < 1.29 is 9.90 Å². The minimum Gasteiger partial charge on any atom is -0.396 e. The van der Waals surface area contributed by atoms with Crippen LogP contribution >= 0.6 is 15.9 Å². The van der Waals surface area contributed by atoms with Gasteiger partial charge >= 0.3 is 0 Å². The Bertz CT molecular complexity index is 368. The molecule has 1 atom stereocenters. The van der Waals surface area contributed by atoms with Crippen LogP contribution in [0, 0.1) is 0 Å². The number of hydrogen-bond donors (Lipinski definition) is 2. The Hall–Kier alpha value is -0.870. The number of aliphatic hydroxyl groups excluding tert-OH is 1. The number of aliphatic hydroxyl groups is 1. The van der Waals surface area contributed by atoms with E-state index in [-0.39, 0.29) is 17.3 Å². The van der Waals surface area contributed by atoms with Crippen molar-refractivity contribution in [1.29, 1.82) is 0 Å². The normalized spacial score (nSPS) is 12.2. The second-order valence-electron chi connectivity index (χ2n) is 3.89. The van der Waals surface area contributed by atoms with Crippen LogP contribution in [-0.2, 0) is 11.2 Å². The van der Waals surface area contributed by atoms with Crippen LogP contribution in [0.1, 0.15) is 25.3 Å². The highest BCUT2D eigenvalue weighted by Crippen LogP contribution is 2.14. The quantitative estimate of drug-likeness (QED) is 0.794. The van der Waals surface area contributed by atoms with E-state index in [1.165, 1.54) is 0 Å². The van der Waals surface area contributed by atoms with E-state index >= 15 is 0 Å². The molecule has 0 aliphatic heterocycles. The van der Waals surface area contributed by atoms with E-state index in [0.29, 0.717) is 0 Å².